The van der Waals surface area contributed by atoms with E-state index in [4.69, 9.17) is 0 Å². The van der Waals surface area contributed by atoms with Crippen molar-refractivity contribution in [2.75, 3.05) is 13.1 Å². The van der Waals surface area contributed by atoms with E-state index < -0.39 is 0 Å². The van der Waals surface area contributed by atoms with Gasteiger partial charge in [-0.15, -0.1) is 0 Å². The Morgan fingerprint density at radius 2 is 1.50 bits per heavy atom. The highest BCUT2D eigenvalue weighted by atomic mass is 32.1. The molecule has 2 aromatic rings. The van der Waals surface area contributed by atoms with Gasteiger partial charge in [-0.1, -0.05) is 0 Å². The third-order valence-corrected chi connectivity index (χ3v) is 5.23. The molecule has 4 heteroatoms. The number of Topliss-reactive ketones (excluding diaryl/α,β-unsaturated/α-hetero) is 1. The highest BCUT2D eigenvalue weighted by Crippen LogP contribution is 2.24. The molecule has 1 aliphatic heterocycles. The van der Waals surface area contributed by atoms with Crippen LogP contribution in [0.15, 0.2) is 44.8 Å². The van der Waals surface area contributed by atoms with Crippen LogP contribution in [0.3, 0.4) is 0 Å². The molecule has 0 radical (unpaired) electrons. The molecule has 22 heavy (non-hydrogen) atoms. The second-order valence-electron chi connectivity index (χ2n) is 5.78. The van der Waals surface area contributed by atoms with E-state index in [-0.39, 0.29) is 5.78 Å². The summed E-state index contributed by atoms with van der Waals surface area (Å²) in [4.78, 5) is 15.1. The van der Waals surface area contributed by atoms with Crippen molar-refractivity contribution in [2.45, 2.75) is 19.9 Å². The van der Waals surface area contributed by atoms with Gasteiger partial charge in [0.15, 0.2) is 5.78 Å². The van der Waals surface area contributed by atoms with Crippen molar-refractivity contribution in [2.24, 2.45) is 0 Å². The molecule has 2 aromatic heterocycles. The van der Waals surface area contributed by atoms with Gasteiger partial charge in [-0.2, -0.15) is 22.7 Å². The van der Waals surface area contributed by atoms with Gasteiger partial charge >= 0.3 is 0 Å². The monoisotopic (exact) mass is 329 g/mol. The Bertz CT molecular complexity index is 637. The van der Waals surface area contributed by atoms with Crippen LogP contribution in [0.5, 0.6) is 0 Å². The molecule has 1 fully saturated rings. The molecule has 0 N–H and O–H groups in total. The van der Waals surface area contributed by atoms with Crippen molar-refractivity contribution >= 4 is 40.6 Å². The number of rotatable bonds is 3. The SMILES string of the molecule is CC(C)N1C/C(=C\c2ccsc2)C(=O)/C(=C/c2ccsc2)C1. The lowest BCUT2D eigenvalue weighted by molar-refractivity contribution is -0.113. The maximum Gasteiger partial charge on any atom is 0.187 e. The van der Waals surface area contributed by atoms with Gasteiger partial charge in [0, 0.05) is 30.3 Å². The summed E-state index contributed by atoms with van der Waals surface area (Å²) in [5.41, 5.74) is 4.02. The van der Waals surface area contributed by atoms with Crippen molar-refractivity contribution in [1.29, 1.82) is 0 Å². The van der Waals surface area contributed by atoms with E-state index in [1.165, 1.54) is 0 Å². The highest BCUT2D eigenvalue weighted by Gasteiger charge is 2.27. The summed E-state index contributed by atoms with van der Waals surface area (Å²) < 4.78 is 0. The van der Waals surface area contributed by atoms with E-state index >= 15 is 0 Å². The van der Waals surface area contributed by atoms with Crippen molar-refractivity contribution in [1.82, 2.24) is 4.90 Å². The molecule has 114 valence electrons. The molecule has 0 amide bonds. The first-order chi connectivity index (χ1) is 10.6. The predicted molar refractivity (Wildman–Crippen MR) is 96.3 cm³/mol. The number of carbonyl (C=O) groups excluding carboxylic acids is 1. The Balaban J connectivity index is 1.95. The average molecular weight is 329 g/mol. The maximum atomic E-state index is 12.8. The predicted octanol–water partition coefficient (Wildman–Crippen LogP) is 4.57. The molecule has 1 saturated heterocycles. The molecule has 0 atom stereocenters. The molecule has 3 heterocycles. The van der Waals surface area contributed by atoms with Crippen LogP contribution in [0.1, 0.15) is 25.0 Å². The number of hydrogen-bond acceptors (Lipinski definition) is 4. The van der Waals surface area contributed by atoms with E-state index in [2.05, 4.69) is 41.6 Å². The number of piperidine rings is 1. The van der Waals surface area contributed by atoms with Crippen molar-refractivity contribution in [3.05, 3.63) is 55.9 Å². The van der Waals surface area contributed by atoms with Crippen LogP contribution in [0.25, 0.3) is 12.2 Å². The standard InChI is InChI=1S/C18H19NOS2/c1-13(2)19-9-16(7-14-3-5-21-11-14)18(20)17(10-19)8-15-4-6-22-12-15/h3-8,11-13H,9-10H2,1-2H3/b16-7+,17-8+. The van der Waals surface area contributed by atoms with Gasteiger partial charge in [0.1, 0.15) is 0 Å². The first kappa shape index (κ1) is 15.4. The zero-order valence-corrected chi connectivity index (χ0v) is 14.4. The largest absolute Gasteiger partial charge is 0.292 e. The summed E-state index contributed by atoms with van der Waals surface area (Å²) in [5, 5.41) is 8.25. The third kappa shape index (κ3) is 3.46. The van der Waals surface area contributed by atoms with E-state index in [1.807, 2.05) is 22.9 Å². The molecule has 0 aromatic carbocycles. The van der Waals surface area contributed by atoms with Crippen molar-refractivity contribution in [3.8, 4) is 0 Å². The van der Waals surface area contributed by atoms with E-state index in [0.717, 1.165) is 35.4 Å². The molecule has 0 bridgehead atoms. The summed E-state index contributed by atoms with van der Waals surface area (Å²) in [7, 11) is 0. The third-order valence-electron chi connectivity index (χ3n) is 3.83. The molecule has 0 aliphatic carbocycles. The second kappa shape index (κ2) is 6.73. The van der Waals surface area contributed by atoms with E-state index in [0.29, 0.717) is 6.04 Å². The fraction of sp³-hybridized carbons (Fsp3) is 0.278. The number of likely N-dealkylation sites (tertiary alicyclic amines) is 1. The zero-order valence-electron chi connectivity index (χ0n) is 12.8. The molecule has 3 rings (SSSR count). The maximum absolute atomic E-state index is 12.8. The Hall–Kier alpha value is -1.49. The summed E-state index contributed by atoms with van der Waals surface area (Å²) in [6.07, 6.45) is 4.07. The van der Waals surface area contributed by atoms with Crippen LogP contribution in [0, 0.1) is 0 Å². The van der Waals surface area contributed by atoms with Crippen LogP contribution >= 0.6 is 22.7 Å². The van der Waals surface area contributed by atoms with Crippen molar-refractivity contribution in [3.63, 3.8) is 0 Å². The quantitative estimate of drug-likeness (QED) is 0.769. The first-order valence-corrected chi connectivity index (χ1v) is 9.26. The summed E-state index contributed by atoms with van der Waals surface area (Å²) in [6, 6.07) is 4.54. The van der Waals surface area contributed by atoms with Gasteiger partial charge in [-0.3, -0.25) is 9.69 Å². The Morgan fingerprint density at radius 3 is 1.86 bits per heavy atom. The summed E-state index contributed by atoms with van der Waals surface area (Å²) in [5.74, 6) is 0.189. The van der Waals surface area contributed by atoms with E-state index in [9.17, 15) is 4.79 Å². The Morgan fingerprint density at radius 1 is 1.00 bits per heavy atom. The number of nitrogens with zero attached hydrogens (tertiary/aromatic N) is 1. The van der Waals surface area contributed by atoms with Gasteiger partial charge < -0.3 is 0 Å². The number of thiophene rings is 2. The van der Waals surface area contributed by atoms with Crippen molar-refractivity contribution < 1.29 is 4.79 Å². The fourth-order valence-corrected chi connectivity index (χ4v) is 3.78. The highest BCUT2D eigenvalue weighted by molar-refractivity contribution is 7.08. The lowest BCUT2D eigenvalue weighted by atomic mass is 9.94. The Labute approximate surface area is 139 Å². The molecule has 0 unspecified atom stereocenters. The van der Waals surface area contributed by atoms with Crippen LogP contribution in [-0.2, 0) is 4.79 Å². The van der Waals surface area contributed by atoms with Crippen LogP contribution in [0.2, 0.25) is 0 Å². The molecular weight excluding hydrogens is 310 g/mol. The minimum atomic E-state index is 0.189. The molecular formula is C18H19NOS2. The van der Waals surface area contributed by atoms with E-state index in [1.54, 1.807) is 22.7 Å². The lowest BCUT2D eigenvalue weighted by Crippen LogP contribution is -2.41. The number of ketones is 1. The first-order valence-electron chi connectivity index (χ1n) is 7.38. The van der Waals surface area contributed by atoms with Gasteiger partial charge in [-0.05, 0) is 70.8 Å². The average Bonchev–Trinajstić information content (AvgIpc) is 3.16. The van der Waals surface area contributed by atoms with Gasteiger partial charge in [0.05, 0.1) is 0 Å². The molecule has 0 spiro atoms. The fourth-order valence-electron chi connectivity index (χ4n) is 2.55. The molecule has 1 aliphatic rings. The number of hydrogen-bond donors (Lipinski definition) is 0. The smallest absolute Gasteiger partial charge is 0.187 e. The normalized spacial score (nSPS) is 20.4. The van der Waals surface area contributed by atoms with Crippen LogP contribution in [0.4, 0.5) is 0 Å². The minimum Gasteiger partial charge on any atom is -0.292 e. The lowest BCUT2D eigenvalue weighted by Gasteiger charge is -2.32. The Kier molecular flexibility index (Phi) is 4.71. The van der Waals surface area contributed by atoms with Crippen LogP contribution < -0.4 is 0 Å². The van der Waals surface area contributed by atoms with Crippen LogP contribution in [-0.4, -0.2) is 29.8 Å². The second-order valence-corrected chi connectivity index (χ2v) is 7.34. The van der Waals surface area contributed by atoms with Gasteiger partial charge in [-0.25, -0.2) is 0 Å². The van der Waals surface area contributed by atoms with Gasteiger partial charge in [0.2, 0.25) is 0 Å². The number of carbonyl (C=O) groups is 1. The molecule has 2 nitrogen and oxygen atoms in total. The van der Waals surface area contributed by atoms with Gasteiger partial charge in [0.25, 0.3) is 0 Å². The topological polar surface area (TPSA) is 20.3 Å². The summed E-state index contributed by atoms with van der Waals surface area (Å²) >= 11 is 3.32. The molecule has 0 saturated carbocycles. The summed E-state index contributed by atoms with van der Waals surface area (Å²) in [6.45, 7) is 5.82. The zero-order chi connectivity index (χ0) is 15.5. The minimum absolute atomic E-state index is 0.189.